The third-order valence-corrected chi connectivity index (χ3v) is 4.73. The molecule has 24 heavy (non-hydrogen) atoms. The molecule has 0 saturated carbocycles. The van der Waals surface area contributed by atoms with Crippen molar-refractivity contribution in [3.8, 4) is 0 Å². The van der Waals surface area contributed by atoms with Crippen molar-refractivity contribution in [2.45, 2.75) is 43.4 Å². The average Bonchev–Trinajstić information content (AvgIpc) is 2.95. The fraction of sp³-hybridized carbons (Fsp3) is 0.533. The Kier molecular flexibility index (Phi) is 5.03. The lowest BCUT2D eigenvalue weighted by Gasteiger charge is -2.31. The number of sulfone groups is 1. The van der Waals surface area contributed by atoms with Crippen LogP contribution in [0.5, 0.6) is 0 Å². The first kappa shape index (κ1) is 18.4. The van der Waals surface area contributed by atoms with E-state index in [9.17, 15) is 22.0 Å². The molecule has 1 aromatic carbocycles. The highest BCUT2D eigenvalue weighted by Crippen LogP contribution is 2.26. The van der Waals surface area contributed by atoms with Gasteiger partial charge in [-0.05, 0) is 51.5 Å². The third kappa shape index (κ3) is 3.95. The number of amides is 1. The molecule has 0 N–H and O–H groups in total. The van der Waals surface area contributed by atoms with Crippen LogP contribution in [0.2, 0.25) is 0 Å². The lowest BCUT2D eigenvalue weighted by Crippen LogP contribution is -2.44. The number of hydrazine groups is 1. The van der Waals surface area contributed by atoms with Crippen molar-refractivity contribution in [2.24, 2.45) is 0 Å². The minimum absolute atomic E-state index is 0.454. The van der Waals surface area contributed by atoms with Crippen LogP contribution in [0.4, 0.5) is 19.3 Å². The van der Waals surface area contributed by atoms with Crippen molar-refractivity contribution in [3.63, 3.8) is 0 Å². The van der Waals surface area contributed by atoms with Gasteiger partial charge in [0.05, 0.1) is 10.6 Å². The molecule has 6 nitrogen and oxygen atoms in total. The second-order valence-electron chi connectivity index (χ2n) is 6.38. The Morgan fingerprint density at radius 2 is 1.75 bits per heavy atom. The van der Waals surface area contributed by atoms with Gasteiger partial charge in [-0.2, -0.15) is 8.78 Å². The van der Waals surface area contributed by atoms with E-state index >= 15 is 0 Å². The summed E-state index contributed by atoms with van der Waals surface area (Å²) in [6.45, 7) is 6.28. The predicted molar refractivity (Wildman–Crippen MR) is 84.5 cm³/mol. The Hall–Kier alpha value is -1.90. The van der Waals surface area contributed by atoms with Crippen molar-refractivity contribution < 1.29 is 26.7 Å². The van der Waals surface area contributed by atoms with Gasteiger partial charge in [0.1, 0.15) is 5.60 Å². The highest BCUT2D eigenvalue weighted by Gasteiger charge is 2.32. The SMILES string of the molecule is CC(C)(C)OC(=O)N1CCCN1c1ccc(S(=O)(=O)C(F)F)cc1. The Morgan fingerprint density at radius 1 is 1.17 bits per heavy atom. The van der Waals surface area contributed by atoms with E-state index in [2.05, 4.69) is 0 Å². The molecular formula is C15H20F2N2O4S. The summed E-state index contributed by atoms with van der Waals surface area (Å²) in [7, 11) is -4.63. The van der Waals surface area contributed by atoms with E-state index < -0.39 is 32.2 Å². The van der Waals surface area contributed by atoms with Gasteiger partial charge in [0, 0.05) is 13.1 Å². The number of rotatable bonds is 3. The molecule has 0 radical (unpaired) electrons. The molecule has 0 unspecified atom stereocenters. The molecule has 2 rings (SSSR count). The number of anilines is 1. The smallest absolute Gasteiger partial charge is 0.429 e. The fourth-order valence-corrected chi connectivity index (χ4v) is 3.02. The van der Waals surface area contributed by atoms with Gasteiger partial charge in [0.25, 0.3) is 0 Å². The summed E-state index contributed by atoms with van der Waals surface area (Å²) < 4.78 is 53.3. The van der Waals surface area contributed by atoms with Gasteiger partial charge in [-0.15, -0.1) is 0 Å². The molecule has 134 valence electrons. The molecule has 9 heteroatoms. The molecule has 0 aromatic heterocycles. The lowest BCUT2D eigenvalue weighted by atomic mass is 10.2. The van der Waals surface area contributed by atoms with Crippen LogP contribution in [0.1, 0.15) is 27.2 Å². The van der Waals surface area contributed by atoms with Crippen LogP contribution >= 0.6 is 0 Å². The van der Waals surface area contributed by atoms with Crippen LogP contribution in [-0.4, -0.2) is 44.0 Å². The van der Waals surface area contributed by atoms with E-state index in [4.69, 9.17) is 4.74 Å². The summed E-state index contributed by atoms with van der Waals surface area (Å²) in [6.07, 6.45) is 0.209. The van der Waals surface area contributed by atoms with Crippen LogP contribution in [0.25, 0.3) is 0 Å². The zero-order chi connectivity index (χ0) is 18.1. The van der Waals surface area contributed by atoms with Gasteiger partial charge < -0.3 is 4.74 Å². The van der Waals surface area contributed by atoms with Gasteiger partial charge in [-0.1, -0.05) is 0 Å². The fourth-order valence-electron chi connectivity index (χ4n) is 2.30. The van der Waals surface area contributed by atoms with Crippen LogP contribution in [0.3, 0.4) is 0 Å². The first-order valence-electron chi connectivity index (χ1n) is 7.42. The van der Waals surface area contributed by atoms with Crippen molar-refractivity contribution in [2.75, 3.05) is 18.1 Å². The normalized spacial score (nSPS) is 15.9. The number of carbonyl (C=O) groups excluding carboxylic acids is 1. The Balaban J connectivity index is 2.20. The van der Waals surface area contributed by atoms with Crippen LogP contribution in [0, 0.1) is 0 Å². The second-order valence-corrected chi connectivity index (χ2v) is 8.30. The van der Waals surface area contributed by atoms with Gasteiger partial charge in [0.2, 0.25) is 9.84 Å². The number of ether oxygens (including phenoxy) is 1. The summed E-state index contributed by atoms with van der Waals surface area (Å²) in [5.74, 6) is -3.46. The molecule has 0 atom stereocenters. The zero-order valence-electron chi connectivity index (χ0n) is 13.7. The predicted octanol–water partition coefficient (Wildman–Crippen LogP) is 3.05. The number of nitrogens with zero attached hydrogens (tertiary/aromatic N) is 2. The maximum Gasteiger partial charge on any atom is 0.429 e. The van der Waals surface area contributed by atoms with E-state index in [1.807, 2.05) is 0 Å². The van der Waals surface area contributed by atoms with Gasteiger partial charge in [-0.25, -0.2) is 18.2 Å². The Labute approximate surface area is 139 Å². The molecule has 1 aliphatic rings. The van der Waals surface area contributed by atoms with Crippen molar-refractivity contribution in [1.29, 1.82) is 0 Å². The number of halogens is 2. The summed E-state index contributed by atoms with van der Waals surface area (Å²) in [4.78, 5) is 11.8. The number of carbonyl (C=O) groups is 1. The van der Waals surface area contributed by atoms with E-state index in [1.165, 1.54) is 17.1 Å². The molecule has 0 spiro atoms. The molecule has 1 saturated heterocycles. The van der Waals surface area contributed by atoms with Crippen LogP contribution < -0.4 is 5.01 Å². The first-order chi connectivity index (χ1) is 11.0. The molecule has 1 aliphatic heterocycles. The lowest BCUT2D eigenvalue weighted by molar-refractivity contribution is 0.0274. The molecule has 1 heterocycles. The molecule has 1 amide bonds. The minimum atomic E-state index is -4.63. The summed E-state index contributed by atoms with van der Waals surface area (Å²) >= 11 is 0. The number of alkyl halides is 2. The monoisotopic (exact) mass is 362 g/mol. The van der Waals surface area contributed by atoms with E-state index in [0.29, 0.717) is 18.8 Å². The summed E-state index contributed by atoms with van der Waals surface area (Å²) in [5, 5.41) is 3.06. The largest absolute Gasteiger partial charge is 0.442 e. The van der Waals surface area contributed by atoms with Gasteiger partial charge >= 0.3 is 11.9 Å². The maximum atomic E-state index is 12.6. The molecule has 1 fully saturated rings. The molecule has 1 aromatic rings. The number of benzene rings is 1. The second kappa shape index (κ2) is 6.54. The molecular weight excluding hydrogens is 342 g/mol. The van der Waals surface area contributed by atoms with E-state index in [-0.39, 0.29) is 0 Å². The summed E-state index contributed by atoms with van der Waals surface area (Å²) in [6, 6.07) is 5.03. The highest BCUT2D eigenvalue weighted by molar-refractivity contribution is 7.91. The first-order valence-corrected chi connectivity index (χ1v) is 8.97. The van der Waals surface area contributed by atoms with Crippen molar-refractivity contribution in [1.82, 2.24) is 5.01 Å². The maximum absolute atomic E-state index is 12.6. The number of hydrogen-bond acceptors (Lipinski definition) is 5. The van der Waals surface area contributed by atoms with E-state index in [0.717, 1.165) is 18.6 Å². The van der Waals surface area contributed by atoms with Crippen LogP contribution in [0.15, 0.2) is 29.2 Å². The van der Waals surface area contributed by atoms with Crippen molar-refractivity contribution in [3.05, 3.63) is 24.3 Å². The van der Waals surface area contributed by atoms with Crippen molar-refractivity contribution >= 4 is 21.6 Å². The standard InChI is InChI=1S/C15H20F2N2O4S/c1-15(2,3)23-14(20)19-10-4-9-18(19)11-5-7-12(8-6-11)24(21,22)13(16)17/h5-8,13H,4,9-10H2,1-3H3. The molecule has 0 bridgehead atoms. The number of hydrogen-bond donors (Lipinski definition) is 0. The molecule has 0 aliphatic carbocycles. The quantitative estimate of drug-likeness (QED) is 0.827. The van der Waals surface area contributed by atoms with Crippen LogP contribution in [-0.2, 0) is 14.6 Å². The third-order valence-electron chi connectivity index (χ3n) is 3.33. The highest BCUT2D eigenvalue weighted by atomic mass is 32.2. The average molecular weight is 362 g/mol. The Bertz CT molecular complexity index is 699. The van der Waals surface area contributed by atoms with E-state index in [1.54, 1.807) is 25.8 Å². The van der Waals surface area contributed by atoms with Gasteiger partial charge in [0.15, 0.2) is 0 Å². The Morgan fingerprint density at radius 3 is 2.25 bits per heavy atom. The minimum Gasteiger partial charge on any atom is -0.442 e. The topological polar surface area (TPSA) is 66.9 Å². The summed E-state index contributed by atoms with van der Waals surface area (Å²) in [5.41, 5.74) is -0.104. The zero-order valence-corrected chi connectivity index (χ0v) is 14.5. The van der Waals surface area contributed by atoms with Gasteiger partial charge in [-0.3, -0.25) is 5.01 Å².